The standard InChI is InChI=1S/C14H23N3O3S/c1-14(2,3)16-13(18)9-17(4)21(19,20)10-11-6-5-7-12(15)8-11/h5-8H,9-10,15H2,1-4H3,(H,16,18). The summed E-state index contributed by atoms with van der Waals surface area (Å²) in [5.41, 5.74) is 6.34. The molecule has 0 radical (unpaired) electrons. The number of nitrogen functional groups attached to an aromatic ring is 1. The second-order valence-electron chi connectivity index (χ2n) is 6.06. The summed E-state index contributed by atoms with van der Waals surface area (Å²) in [7, 11) is -2.17. The smallest absolute Gasteiger partial charge is 0.235 e. The lowest BCUT2D eigenvalue weighted by Crippen LogP contribution is -2.46. The summed E-state index contributed by atoms with van der Waals surface area (Å²) in [4.78, 5) is 11.8. The van der Waals surface area contributed by atoms with Gasteiger partial charge in [0.2, 0.25) is 15.9 Å². The SMILES string of the molecule is CN(CC(=O)NC(C)(C)C)S(=O)(=O)Cc1cccc(N)c1. The van der Waals surface area contributed by atoms with E-state index >= 15 is 0 Å². The quantitative estimate of drug-likeness (QED) is 0.791. The Morgan fingerprint density at radius 3 is 2.48 bits per heavy atom. The van der Waals surface area contributed by atoms with E-state index < -0.39 is 15.6 Å². The third kappa shape index (κ3) is 6.14. The highest BCUT2D eigenvalue weighted by molar-refractivity contribution is 7.88. The van der Waals surface area contributed by atoms with Gasteiger partial charge in [-0.15, -0.1) is 0 Å². The highest BCUT2D eigenvalue weighted by Gasteiger charge is 2.23. The number of hydrogen-bond donors (Lipinski definition) is 2. The fourth-order valence-corrected chi connectivity index (χ4v) is 2.90. The van der Waals surface area contributed by atoms with Gasteiger partial charge in [0.15, 0.2) is 0 Å². The summed E-state index contributed by atoms with van der Waals surface area (Å²) in [6.07, 6.45) is 0. The molecule has 1 aromatic carbocycles. The van der Waals surface area contributed by atoms with Crippen molar-refractivity contribution in [1.29, 1.82) is 0 Å². The average Bonchev–Trinajstić information content (AvgIpc) is 2.25. The number of hydrogen-bond acceptors (Lipinski definition) is 4. The van der Waals surface area contributed by atoms with Crippen molar-refractivity contribution in [2.45, 2.75) is 32.1 Å². The minimum atomic E-state index is -3.56. The number of rotatable bonds is 5. The molecule has 118 valence electrons. The van der Waals surface area contributed by atoms with Crippen LogP contribution in [0, 0.1) is 0 Å². The molecule has 3 N–H and O–H groups in total. The van der Waals surface area contributed by atoms with Crippen LogP contribution in [0.5, 0.6) is 0 Å². The van der Waals surface area contributed by atoms with Gasteiger partial charge >= 0.3 is 0 Å². The molecule has 0 bridgehead atoms. The molecule has 0 fully saturated rings. The first-order chi connectivity index (χ1) is 9.49. The van der Waals surface area contributed by atoms with Crippen LogP contribution in [0.15, 0.2) is 24.3 Å². The third-order valence-electron chi connectivity index (χ3n) is 2.66. The van der Waals surface area contributed by atoms with Crippen LogP contribution in [0.3, 0.4) is 0 Å². The van der Waals surface area contributed by atoms with E-state index in [4.69, 9.17) is 5.73 Å². The van der Waals surface area contributed by atoms with E-state index in [-0.39, 0.29) is 18.2 Å². The van der Waals surface area contributed by atoms with Crippen molar-refractivity contribution in [2.75, 3.05) is 19.3 Å². The predicted molar refractivity (Wildman–Crippen MR) is 84.0 cm³/mol. The highest BCUT2D eigenvalue weighted by atomic mass is 32.2. The van der Waals surface area contributed by atoms with Crippen LogP contribution in [0.4, 0.5) is 5.69 Å². The molecular weight excluding hydrogens is 290 g/mol. The maximum Gasteiger partial charge on any atom is 0.235 e. The topological polar surface area (TPSA) is 92.5 Å². The molecule has 1 amide bonds. The van der Waals surface area contributed by atoms with Gasteiger partial charge in [-0.2, -0.15) is 4.31 Å². The van der Waals surface area contributed by atoms with Crippen molar-refractivity contribution in [3.05, 3.63) is 29.8 Å². The Bertz CT molecular complexity index is 606. The Labute approximate surface area is 126 Å². The number of amides is 1. The minimum Gasteiger partial charge on any atom is -0.399 e. The lowest BCUT2D eigenvalue weighted by Gasteiger charge is -2.23. The van der Waals surface area contributed by atoms with Crippen molar-refractivity contribution in [1.82, 2.24) is 9.62 Å². The van der Waals surface area contributed by atoms with Crippen LogP contribution in [0.1, 0.15) is 26.3 Å². The molecule has 0 heterocycles. The van der Waals surface area contributed by atoms with Crippen LogP contribution in [0.25, 0.3) is 0 Å². The normalized spacial score (nSPS) is 12.4. The van der Waals surface area contributed by atoms with Crippen molar-refractivity contribution < 1.29 is 13.2 Å². The fraction of sp³-hybridized carbons (Fsp3) is 0.500. The molecule has 7 heteroatoms. The number of nitrogens with two attached hydrogens (primary N) is 1. The van der Waals surface area contributed by atoms with Gasteiger partial charge in [0.05, 0.1) is 12.3 Å². The number of nitrogens with one attached hydrogen (secondary N) is 1. The van der Waals surface area contributed by atoms with Crippen molar-refractivity contribution in [3.8, 4) is 0 Å². The van der Waals surface area contributed by atoms with E-state index in [2.05, 4.69) is 5.32 Å². The van der Waals surface area contributed by atoms with Gasteiger partial charge < -0.3 is 11.1 Å². The van der Waals surface area contributed by atoms with E-state index in [1.165, 1.54) is 7.05 Å². The Morgan fingerprint density at radius 1 is 1.33 bits per heavy atom. The number of anilines is 1. The molecule has 0 saturated heterocycles. The second kappa shape index (κ2) is 6.44. The molecule has 0 unspecified atom stereocenters. The Morgan fingerprint density at radius 2 is 1.95 bits per heavy atom. The first kappa shape index (κ1) is 17.5. The monoisotopic (exact) mass is 313 g/mol. The van der Waals surface area contributed by atoms with Gasteiger partial charge in [-0.05, 0) is 38.5 Å². The van der Waals surface area contributed by atoms with E-state index in [9.17, 15) is 13.2 Å². The Kier molecular flexibility index (Phi) is 5.36. The first-order valence-electron chi connectivity index (χ1n) is 6.59. The van der Waals surface area contributed by atoms with E-state index in [1.54, 1.807) is 24.3 Å². The van der Waals surface area contributed by atoms with Crippen molar-refractivity contribution in [3.63, 3.8) is 0 Å². The third-order valence-corrected chi connectivity index (χ3v) is 4.43. The summed E-state index contributed by atoms with van der Waals surface area (Å²) in [6, 6.07) is 6.70. The van der Waals surface area contributed by atoms with Gasteiger partial charge in [-0.3, -0.25) is 4.79 Å². The van der Waals surface area contributed by atoms with Crippen LogP contribution in [-0.4, -0.2) is 37.8 Å². The summed E-state index contributed by atoms with van der Waals surface area (Å²) < 4.78 is 25.5. The number of nitrogens with zero attached hydrogens (tertiary/aromatic N) is 1. The van der Waals surface area contributed by atoms with Crippen LogP contribution >= 0.6 is 0 Å². The van der Waals surface area contributed by atoms with Gasteiger partial charge in [0, 0.05) is 18.3 Å². The lowest BCUT2D eigenvalue weighted by molar-refractivity contribution is -0.122. The molecule has 6 nitrogen and oxygen atoms in total. The number of likely N-dealkylation sites (N-methyl/N-ethyl adjacent to an activating group) is 1. The zero-order valence-corrected chi connectivity index (χ0v) is 13.7. The molecule has 0 aliphatic heterocycles. The first-order valence-corrected chi connectivity index (χ1v) is 8.20. The maximum absolute atomic E-state index is 12.2. The van der Waals surface area contributed by atoms with Gasteiger partial charge in [0.1, 0.15) is 0 Å². The number of carbonyl (C=O) groups excluding carboxylic acids is 1. The number of sulfonamides is 1. The number of carbonyl (C=O) groups is 1. The zero-order chi connectivity index (χ0) is 16.3. The minimum absolute atomic E-state index is 0.183. The predicted octanol–water partition coefficient (Wildman–Crippen LogP) is 0.945. The van der Waals surface area contributed by atoms with Crippen LogP contribution in [-0.2, 0) is 20.6 Å². The summed E-state index contributed by atoms with van der Waals surface area (Å²) in [6.45, 7) is 5.31. The second-order valence-corrected chi connectivity index (χ2v) is 8.13. The fourth-order valence-electron chi connectivity index (χ4n) is 1.76. The van der Waals surface area contributed by atoms with Gasteiger partial charge in [-0.25, -0.2) is 8.42 Å². The van der Waals surface area contributed by atoms with Crippen molar-refractivity contribution in [2.24, 2.45) is 0 Å². The van der Waals surface area contributed by atoms with Crippen LogP contribution < -0.4 is 11.1 Å². The molecule has 1 rings (SSSR count). The number of benzene rings is 1. The van der Waals surface area contributed by atoms with E-state index in [0.29, 0.717) is 11.3 Å². The largest absolute Gasteiger partial charge is 0.399 e. The molecule has 21 heavy (non-hydrogen) atoms. The molecular formula is C14H23N3O3S. The summed E-state index contributed by atoms with van der Waals surface area (Å²) >= 11 is 0. The van der Waals surface area contributed by atoms with E-state index in [1.807, 2.05) is 20.8 Å². The molecule has 0 aliphatic rings. The molecule has 0 aromatic heterocycles. The molecule has 0 aliphatic carbocycles. The highest BCUT2D eigenvalue weighted by Crippen LogP contribution is 2.12. The molecule has 1 aromatic rings. The van der Waals surface area contributed by atoms with Gasteiger partial charge in [-0.1, -0.05) is 12.1 Å². The van der Waals surface area contributed by atoms with E-state index in [0.717, 1.165) is 4.31 Å². The lowest BCUT2D eigenvalue weighted by atomic mass is 10.1. The zero-order valence-electron chi connectivity index (χ0n) is 12.9. The Hall–Kier alpha value is -1.60. The van der Waals surface area contributed by atoms with Gasteiger partial charge in [0.25, 0.3) is 0 Å². The molecule has 0 atom stereocenters. The summed E-state index contributed by atoms with van der Waals surface area (Å²) in [5, 5.41) is 2.73. The van der Waals surface area contributed by atoms with Crippen molar-refractivity contribution >= 4 is 21.6 Å². The maximum atomic E-state index is 12.2. The summed E-state index contributed by atoms with van der Waals surface area (Å²) in [5.74, 6) is -0.515. The molecule has 0 saturated carbocycles. The Balaban J connectivity index is 2.72. The molecule has 0 spiro atoms. The van der Waals surface area contributed by atoms with Crippen LogP contribution in [0.2, 0.25) is 0 Å². The average molecular weight is 313 g/mol.